The third-order valence-electron chi connectivity index (χ3n) is 1.62. The maximum Gasteiger partial charge on any atom is 0.222 e. The summed E-state index contributed by atoms with van der Waals surface area (Å²) in [6, 6.07) is 1.77. The minimum atomic E-state index is -0.249. The molecule has 0 fully saturated rings. The molecule has 0 bridgehead atoms. The highest BCUT2D eigenvalue weighted by Crippen LogP contribution is 2.18. The number of hydrogen-bond acceptors (Lipinski definition) is 7. The Morgan fingerprint density at radius 1 is 1.57 bits per heavy atom. The fraction of sp³-hybridized carbons (Fsp3) is 0.286. The van der Waals surface area contributed by atoms with Gasteiger partial charge < -0.3 is 5.73 Å². The molecule has 0 amide bonds. The summed E-state index contributed by atoms with van der Waals surface area (Å²) in [5, 5.41) is 9.13. The van der Waals surface area contributed by atoms with Crippen molar-refractivity contribution < 1.29 is 0 Å². The molecular weight excluding hydrogens is 200 g/mol. The van der Waals surface area contributed by atoms with Crippen LogP contribution in [0.3, 0.4) is 0 Å². The van der Waals surface area contributed by atoms with E-state index in [1.54, 1.807) is 0 Å². The summed E-state index contributed by atoms with van der Waals surface area (Å²) < 4.78 is 0. The Morgan fingerprint density at radius 3 is 3.21 bits per heavy atom. The van der Waals surface area contributed by atoms with Crippen LogP contribution in [0.4, 0.5) is 0 Å². The molecule has 70 valence electrons. The molecule has 0 radical (unpaired) electrons. The first-order chi connectivity index (χ1) is 6.81. The number of nitriles is 1. The highest BCUT2D eigenvalue weighted by atomic mass is 32.2. The smallest absolute Gasteiger partial charge is 0.222 e. The van der Waals surface area contributed by atoms with E-state index in [1.807, 2.05) is 6.07 Å². The molecule has 7 heteroatoms. The first-order valence-corrected chi connectivity index (χ1v) is 4.81. The molecule has 0 aromatic rings. The Morgan fingerprint density at radius 2 is 2.43 bits per heavy atom. The molecule has 14 heavy (non-hydrogen) atoms. The number of rotatable bonds is 1. The lowest BCUT2D eigenvalue weighted by molar-refractivity contribution is 1.15. The molecule has 2 N–H and O–H groups in total. The Kier molecular flexibility index (Phi) is 2.28. The number of aliphatic imine (C=N–C) groups is 4. The van der Waals surface area contributed by atoms with Gasteiger partial charge in [0.15, 0.2) is 11.9 Å². The van der Waals surface area contributed by atoms with Crippen LogP contribution in [0.5, 0.6) is 0 Å². The molecule has 1 atom stereocenters. The molecule has 6 nitrogen and oxygen atoms in total. The first kappa shape index (κ1) is 8.90. The van der Waals surface area contributed by atoms with Crippen LogP contribution in [0.15, 0.2) is 20.0 Å². The lowest BCUT2D eigenvalue weighted by Gasteiger charge is -2.13. The molecule has 0 aliphatic carbocycles. The summed E-state index contributed by atoms with van der Waals surface area (Å²) in [6.07, 6.45) is 1.44. The third kappa shape index (κ3) is 1.52. The highest BCUT2D eigenvalue weighted by Gasteiger charge is 2.28. The summed E-state index contributed by atoms with van der Waals surface area (Å²) in [6.45, 7) is 0. The molecule has 2 aliphatic rings. The molecule has 0 spiro atoms. The van der Waals surface area contributed by atoms with E-state index in [0.717, 1.165) is 0 Å². The zero-order valence-electron chi connectivity index (χ0n) is 7.08. The molecule has 2 aliphatic heterocycles. The average molecular weight is 206 g/mol. The third-order valence-corrected chi connectivity index (χ3v) is 2.51. The van der Waals surface area contributed by atoms with Crippen molar-refractivity contribution in [2.75, 3.05) is 5.75 Å². The van der Waals surface area contributed by atoms with Gasteiger partial charge in [-0.3, -0.25) is 4.99 Å². The van der Waals surface area contributed by atoms with Gasteiger partial charge in [-0.1, -0.05) is 11.8 Å². The van der Waals surface area contributed by atoms with Crippen molar-refractivity contribution in [1.82, 2.24) is 0 Å². The van der Waals surface area contributed by atoms with Gasteiger partial charge in [0, 0.05) is 0 Å². The topological polar surface area (TPSA) is 99.2 Å². The van der Waals surface area contributed by atoms with Crippen LogP contribution in [0, 0.1) is 11.3 Å². The molecule has 0 aromatic carbocycles. The van der Waals surface area contributed by atoms with E-state index in [-0.39, 0.29) is 12.0 Å². The standard InChI is InChI=1S/C7H6N6S/c8-1-2-14-6-4-5(11-3-10-4)12-7(9)13-6/h3-4H,2H2,(H2,9,10,11,12). The lowest BCUT2D eigenvalue weighted by atomic mass is 10.3. The quantitative estimate of drug-likeness (QED) is 0.641. The van der Waals surface area contributed by atoms with Crippen LogP contribution in [0.2, 0.25) is 0 Å². The van der Waals surface area contributed by atoms with Gasteiger partial charge in [-0.2, -0.15) is 10.3 Å². The van der Waals surface area contributed by atoms with Crippen LogP contribution in [-0.4, -0.2) is 35.0 Å². The van der Waals surface area contributed by atoms with Crippen LogP contribution in [0.25, 0.3) is 0 Å². The van der Waals surface area contributed by atoms with Crippen molar-refractivity contribution in [3.05, 3.63) is 0 Å². The number of nitrogens with zero attached hydrogens (tertiary/aromatic N) is 5. The largest absolute Gasteiger partial charge is 0.368 e. The lowest BCUT2D eigenvalue weighted by Crippen LogP contribution is -2.31. The fourth-order valence-corrected chi connectivity index (χ4v) is 1.79. The van der Waals surface area contributed by atoms with Gasteiger partial charge in [-0.05, 0) is 0 Å². The molecule has 0 aromatic heterocycles. The Balaban J connectivity index is 2.23. The van der Waals surface area contributed by atoms with Crippen molar-refractivity contribution in [1.29, 1.82) is 5.26 Å². The number of guanidine groups is 1. The molecule has 2 rings (SSSR count). The van der Waals surface area contributed by atoms with Gasteiger partial charge in [0.25, 0.3) is 0 Å². The van der Waals surface area contributed by atoms with Crippen LogP contribution in [0.1, 0.15) is 0 Å². The zero-order chi connectivity index (χ0) is 9.97. The van der Waals surface area contributed by atoms with E-state index in [1.165, 1.54) is 18.1 Å². The summed E-state index contributed by atoms with van der Waals surface area (Å²) in [5.74, 6) is 1.05. The van der Waals surface area contributed by atoms with E-state index in [9.17, 15) is 0 Å². The molecule has 0 saturated carbocycles. The molecule has 2 heterocycles. The predicted octanol–water partition coefficient (Wildman–Crippen LogP) is -0.221. The Bertz CT molecular complexity index is 412. The second-order valence-electron chi connectivity index (χ2n) is 2.52. The highest BCUT2D eigenvalue weighted by molar-refractivity contribution is 8.14. The van der Waals surface area contributed by atoms with Gasteiger partial charge >= 0.3 is 0 Å². The van der Waals surface area contributed by atoms with E-state index < -0.39 is 0 Å². The normalized spacial score (nSPS) is 23.4. The summed E-state index contributed by atoms with van der Waals surface area (Å²) >= 11 is 1.31. The predicted molar refractivity (Wildman–Crippen MR) is 56.8 cm³/mol. The number of fused-ring (bicyclic) bond motifs is 1. The maximum absolute atomic E-state index is 8.45. The van der Waals surface area contributed by atoms with Crippen molar-refractivity contribution in [2.45, 2.75) is 6.04 Å². The maximum atomic E-state index is 8.45. The van der Waals surface area contributed by atoms with Crippen molar-refractivity contribution >= 4 is 34.9 Å². The van der Waals surface area contributed by atoms with Crippen molar-refractivity contribution in [2.24, 2.45) is 25.7 Å². The van der Waals surface area contributed by atoms with Gasteiger partial charge in [-0.25, -0.2) is 9.98 Å². The second-order valence-corrected chi connectivity index (χ2v) is 3.52. The van der Waals surface area contributed by atoms with E-state index in [0.29, 0.717) is 16.6 Å². The number of amidine groups is 1. The van der Waals surface area contributed by atoms with Gasteiger partial charge in [0.1, 0.15) is 11.4 Å². The Labute approximate surface area is 84.4 Å². The van der Waals surface area contributed by atoms with Crippen molar-refractivity contribution in [3.8, 4) is 6.07 Å². The Hall–Kier alpha value is -1.68. The number of hydrogen-bond donors (Lipinski definition) is 1. The minimum absolute atomic E-state index is 0.172. The molecular formula is C7H6N6S. The SMILES string of the molecule is N#CCSC1=NC(N)=NC2=NC=NC21. The van der Waals surface area contributed by atoms with E-state index in [4.69, 9.17) is 11.0 Å². The van der Waals surface area contributed by atoms with Gasteiger partial charge in [0.2, 0.25) is 5.96 Å². The minimum Gasteiger partial charge on any atom is -0.368 e. The summed E-state index contributed by atoms with van der Waals surface area (Å²) in [4.78, 5) is 16.0. The average Bonchev–Trinajstić information content (AvgIpc) is 2.61. The number of nitrogens with two attached hydrogens (primary N) is 1. The second kappa shape index (κ2) is 3.59. The van der Waals surface area contributed by atoms with Crippen LogP contribution >= 0.6 is 11.8 Å². The number of thioether (sulfide) groups is 1. The van der Waals surface area contributed by atoms with E-state index in [2.05, 4.69) is 20.0 Å². The van der Waals surface area contributed by atoms with Crippen LogP contribution < -0.4 is 5.73 Å². The molecule has 0 saturated heterocycles. The van der Waals surface area contributed by atoms with Crippen molar-refractivity contribution in [3.63, 3.8) is 0 Å². The molecule has 1 unspecified atom stereocenters. The van der Waals surface area contributed by atoms with E-state index >= 15 is 0 Å². The monoisotopic (exact) mass is 206 g/mol. The summed E-state index contributed by atoms with van der Waals surface area (Å²) in [7, 11) is 0. The first-order valence-electron chi connectivity index (χ1n) is 3.83. The summed E-state index contributed by atoms with van der Waals surface area (Å²) in [5.41, 5.74) is 5.48. The van der Waals surface area contributed by atoms with Crippen LogP contribution in [-0.2, 0) is 0 Å². The zero-order valence-corrected chi connectivity index (χ0v) is 7.90. The van der Waals surface area contributed by atoms with Gasteiger partial charge in [0.05, 0.1) is 11.8 Å². The van der Waals surface area contributed by atoms with Gasteiger partial charge in [-0.15, -0.1) is 0 Å². The fourth-order valence-electron chi connectivity index (χ4n) is 1.09.